The highest BCUT2D eigenvalue weighted by Gasteiger charge is 2.37. The van der Waals surface area contributed by atoms with Gasteiger partial charge in [0.25, 0.3) is 11.7 Å². The number of carbonyl (C=O) groups is 2. The van der Waals surface area contributed by atoms with E-state index in [-0.39, 0.29) is 29.0 Å². The fourth-order valence-corrected chi connectivity index (χ4v) is 2.11. The summed E-state index contributed by atoms with van der Waals surface area (Å²) in [6, 6.07) is 0. The Morgan fingerprint density at radius 3 is 2.72 bits per heavy atom. The zero-order valence-corrected chi connectivity index (χ0v) is 10.2. The molecule has 1 aliphatic heterocycles. The van der Waals surface area contributed by atoms with Crippen molar-refractivity contribution in [3.63, 3.8) is 0 Å². The number of nitrogens with one attached hydrogen (secondary N) is 1. The fourth-order valence-electron chi connectivity index (χ4n) is 2.11. The topological polar surface area (TPSA) is 88.8 Å². The summed E-state index contributed by atoms with van der Waals surface area (Å²) in [5, 5.41) is 11.6. The lowest BCUT2D eigenvalue weighted by Gasteiger charge is -2.28. The third kappa shape index (κ3) is 1.94. The summed E-state index contributed by atoms with van der Waals surface area (Å²) in [6.07, 6.45) is 2.08. The summed E-state index contributed by atoms with van der Waals surface area (Å²) in [5.74, 6) is -1.58. The molecule has 1 amide bonds. The second-order valence-corrected chi connectivity index (χ2v) is 4.22. The molecule has 2 heterocycles. The molecule has 0 bridgehead atoms. The molecule has 0 aliphatic carbocycles. The van der Waals surface area contributed by atoms with Crippen LogP contribution >= 0.6 is 0 Å². The Morgan fingerprint density at radius 2 is 2.17 bits per heavy atom. The van der Waals surface area contributed by atoms with Gasteiger partial charge >= 0.3 is 5.97 Å². The highest BCUT2D eigenvalue weighted by atomic mass is 16.5. The van der Waals surface area contributed by atoms with Gasteiger partial charge in [-0.2, -0.15) is 0 Å². The van der Waals surface area contributed by atoms with Crippen molar-refractivity contribution in [3.05, 3.63) is 12.0 Å². The summed E-state index contributed by atoms with van der Waals surface area (Å²) < 4.78 is 10.4. The minimum absolute atomic E-state index is 0.0506. The van der Waals surface area contributed by atoms with Gasteiger partial charge in [0.1, 0.15) is 12.0 Å². The molecule has 6 nitrogen and oxygen atoms in total. The predicted molar refractivity (Wildman–Crippen MR) is 62.8 cm³/mol. The normalized spacial score (nSPS) is 18.2. The van der Waals surface area contributed by atoms with Crippen molar-refractivity contribution >= 4 is 17.6 Å². The van der Waals surface area contributed by atoms with Crippen molar-refractivity contribution in [2.24, 2.45) is 5.92 Å². The van der Waals surface area contributed by atoms with E-state index in [9.17, 15) is 9.59 Å². The van der Waals surface area contributed by atoms with Crippen LogP contribution in [0.5, 0.6) is 5.75 Å². The number of anilines is 1. The van der Waals surface area contributed by atoms with E-state index in [1.54, 1.807) is 0 Å². The highest BCUT2D eigenvalue weighted by molar-refractivity contribution is 6.01. The van der Waals surface area contributed by atoms with Crippen LogP contribution in [0.1, 0.15) is 37.2 Å². The number of carboxylic acid groups (broad SMARTS) is 1. The van der Waals surface area contributed by atoms with Gasteiger partial charge in [-0.3, -0.25) is 4.79 Å². The van der Waals surface area contributed by atoms with Crippen LogP contribution in [0.4, 0.5) is 5.69 Å². The van der Waals surface area contributed by atoms with Crippen LogP contribution in [0, 0.1) is 5.92 Å². The van der Waals surface area contributed by atoms with E-state index in [0.717, 1.165) is 12.8 Å². The van der Waals surface area contributed by atoms with Gasteiger partial charge in [0, 0.05) is 5.92 Å². The lowest BCUT2D eigenvalue weighted by molar-refractivity contribution is -0.126. The van der Waals surface area contributed by atoms with Crippen molar-refractivity contribution in [2.75, 3.05) is 5.32 Å². The zero-order valence-electron chi connectivity index (χ0n) is 10.2. The van der Waals surface area contributed by atoms with Crippen LogP contribution in [0.3, 0.4) is 0 Å². The highest BCUT2D eigenvalue weighted by Crippen LogP contribution is 2.37. The Kier molecular flexibility index (Phi) is 3.27. The molecule has 0 radical (unpaired) electrons. The lowest BCUT2D eigenvalue weighted by atomic mass is 9.95. The quantitative estimate of drug-likeness (QED) is 0.857. The van der Waals surface area contributed by atoms with E-state index >= 15 is 0 Å². The third-order valence-electron chi connectivity index (χ3n) is 3.18. The molecule has 98 valence electrons. The Morgan fingerprint density at radius 1 is 1.50 bits per heavy atom. The second-order valence-electron chi connectivity index (χ2n) is 4.22. The maximum Gasteiger partial charge on any atom is 0.375 e. The van der Waals surface area contributed by atoms with E-state index in [1.807, 2.05) is 13.8 Å². The smallest absolute Gasteiger partial charge is 0.375 e. The van der Waals surface area contributed by atoms with Crippen LogP contribution in [0.25, 0.3) is 0 Å². The first-order valence-corrected chi connectivity index (χ1v) is 5.90. The number of carbonyl (C=O) groups excluding carboxylic acids is 1. The molecule has 1 unspecified atom stereocenters. The molecule has 0 aromatic carbocycles. The fraction of sp³-hybridized carbons (Fsp3) is 0.500. The van der Waals surface area contributed by atoms with Crippen LogP contribution in [0.2, 0.25) is 0 Å². The zero-order chi connectivity index (χ0) is 13.3. The first kappa shape index (κ1) is 12.5. The van der Waals surface area contributed by atoms with Crippen LogP contribution in [-0.2, 0) is 4.79 Å². The Hall–Kier alpha value is -1.98. The molecule has 2 rings (SSSR count). The number of rotatable bonds is 4. The Balaban J connectivity index is 2.32. The third-order valence-corrected chi connectivity index (χ3v) is 3.18. The maximum atomic E-state index is 11.9. The molecule has 1 aromatic heterocycles. The van der Waals surface area contributed by atoms with E-state index in [1.165, 1.54) is 6.26 Å². The summed E-state index contributed by atoms with van der Waals surface area (Å²) in [4.78, 5) is 22.8. The molecule has 18 heavy (non-hydrogen) atoms. The number of ether oxygens (including phenoxy) is 1. The van der Waals surface area contributed by atoms with E-state index in [4.69, 9.17) is 14.3 Å². The molecule has 0 saturated carbocycles. The van der Waals surface area contributed by atoms with E-state index < -0.39 is 12.1 Å². The number of hydrogen-bond acceptors (Lipinski definition) is 4. The summed E-state index contributed by atoms with van der Waals surface area (Å²) in [6.45, 7) is 3.93. The van der Waals surface area contributed by atoms with Gasteiger partial charge in [0.15, 0.2) is 11.9 Å². The molecule has 2 N–H and O–H groups in total. The van der Waals surface area contributed by atoms with Crippen molar-refractivity contribution in [1.82, 2.24) is 0 Å². The van der Waals surface area contributed by atoms with Gasteiger partial charge in [-0.05, 0) is 12.8 Å². The van der Waals surface area contributed by atoms with Crippen LogP contribution < -0.4 is 10.1 Å². The minimum Gasteiger partial charge on any atom is -0.475 e. The van der Waals surface area contributed by atoms with Crippen LogP contribution in [-0.4, -0.2) is 23.1 Å². The summed E-state index contributed by atoms with van der Waals surface area (Å²) >= 11 is 0. The van der Waals surface area contributed by atoms with Crippen molar-refractivity contribution in [2.45, 2.75) is 32.8 Å². The van der Waals surface area contributed by atoms with Crippen LogP contribution in [0.15, 0.2) is 10.7 Å². The Bertz CT molecular complexity index is 475. The molecular weight excluding hydrogens is 238 g/mol. The number of amides is 1. The van der Waals surface area contributed by atoms with Gasteiger partial charge < -0.3 is 19.6 Å². The molecule has 0 fully saturated rings. The van der Waals surface area contributed by atoms with Gasteiger partial charge in [-0.15, -0.1) is 0 Å². The van der Waals surface area contributed by atoms with E-state index in [2.05, 4.69) is 5.32 Å². The largest absolute Gasteiger partial charge is 0.475 e. The first-order chi connectivity index (χ1) is 8.58. The van der Waals surface area contributed by atoms with Gasteiger partial charge in [0.2, 0.25) is 0 Å². The van der Waals surface area contributed by atoms with Gasteiger partial charge in [-0.25, -0.2) is 4.79 Å². The van der Waals surface area contributed by atoms with Gasteiger partial charge in [-0.1, -0.05) is 13.8 Å². The summed E-state index contributed by atoms with van der Waals surface area (Å²) in [7, 11) is 0. The molecule has 0 saturated heterocycles. The molecular formula is C12H15NO5. The second kappa shape index (κ2) is 4.72. The first-order valence-electron chi connectivity index (χ1n) is 5.90. The number of aromatic carboxylic acids is 1. The number of carboxylic acids is 1. The van der Waals surface area contributed by atoms with Crippen molar-refractivity contribution in [1.29, 1.82) is 0 Å². The average Bonchev–Trinajstić information content (AvgIpc) is 2.73. The standard InChI is InChI=1S/C12H15NO5/c1-3-6(4-2)8-11(14)13-7-5-17-10(12(15)16)9(7)18-8/h5-6,8H,3-4H2,1-2H3,(H,13,14)(H,15,16). The van der Waals surface area contributed by atoms with Crippen molar-refractivity contribution < 1.29 is 23.8 Å². The molecule has 6 heteroatoms. The monoisotopic (exact) mass is 253 g/mol. The lowest BCUT2D eigenvalue weighted by Crippen LogP contribution is -2.42. The SMILES string of the molecule is CCC(CC)C1Oc2c(coc2C(=O)O)NC1=O. The predicted octanol–water partition coefficient (Wildman–Crippen LogP) is 2.11. The minimum atomic E-state index is -1.21. The van der Waals surface area contributed by atoms with Crippen molar-refractivity contribution in [3.8, 4) is 5.75 Å². The van der Waals surface area contributed by atoms with E-state index in [0.29, 0.717) is 0 Å². The number of furan rings is 1. The molecule has 1 atom stereocenters. The molecule has 1 aliphatic rings. The molecule has 1 aromatic rings. The Labute approximate surface area is 104 Å². The van der Waals surface area contributed by atoms with Gasteiger partial charge in [0.05, 0.1) is 0 Å². The number of hydrogen-bond donors (Lipinski definition) is 2. The molecule has 0 spiro atoms. The summed E-state index contributed by atoms with van der Waals surface area (Å²) in [5.41, 5.74) is 0.277. The number of fused-ring (bicyclic) bond motifs is 1. The maximum absolute atomic E-state index is 11.9. The average molecular weight is 253 g/mol.